The van der Waals surface area contributed by atoms with Crippen LogP contribution in [0.1, 0.15) is 16.2 Å². The minimum atomic E-state index is -0.349. The number of benzene rings is 1. The summed E-state index contributed by atoms with van der Waals surface area (Å²) >= 11 is 0. The first-order chi connectivity index (χ1) is 12.5. The van der Waals surface area contributed by atoms with Crippen LogP contribution >= 0.6 is 12.4 Å². The summed E-state index contributed by atoms with van der Waals surface area (Å²) in [6.45, 7) is 3.91. The first kappa shape index (κ1) is 20.9. The van der Waals surface area contributed by atoms with Crippen molar-refractivity contribution in [1.82, 2.24) is 19.8 Å². The molecule has 3 rings (SSSR count). The second-order valence-corrected chi connectivity index (χ2v) is 6.57. The number of piperazine rings is 1. The van der Waals surface area contributed by atoms with Gasteiger partial charge in [-0.25, -0.2) is 4.79 Å². The highest BCUT2D eigenvalue weighted by Gasteiger charge is 2.23. The number of rotatable bonds is 5. The third-order valence-electron chi connectivity index (χ3n) is 4.60. The zero-order valence-electron chi connectivity index (χ0n) is 15.8. The maximum atomic E-state index is 12.2. The Labute approximate surface area is 164 Å². The summed E-state index contributed by atoms with van der Waals surface area (Å²) in [5.74, 6) is 0.667. The van der Waals surface area contributed by atoms with E-state index in [2.05, 4.69) is 25.8 Å². The van der Waals surface area contributed by atoms with Crippen LogP contribution in [0.5, 0.6) is 5.75 Å². The number of para-hydroxylation sites is 2. The third-order valence-corrected chi connectivity index (χ3v) is 4.60. The Morgan fingerprint density at radius 1 is 1.15 bits per heavy atom. The van der Waals surface area contributed by atoms with Gasteiger partial charge in [0.1, 0.15) is 11.4 Å². The number of methoxy groups -OCH3 is 1. The van der Waals surface area contributed by atoms with Crippen molar-refractivity contribution in [2.24, 2.45) is 0 Å². The van der Waals surface area contributed by atoms with Crippen LogP contribution in [0, 0.1) is 0 Å². The van der Waals surface area contributed by atoms with Gasteiger partial charge in [-0.1, -0.05) is 12.1 Å². The lowest BCUT2D eigenvalue weighted by Crippen LogP contribution is -2.46. The molecule has 1 fully saturated rings. The normalized spacial score (nSPS) is 14.6. The average Bonchev–Trinajstić information content (AvgIpc) is 3.01. The largest absolute Gasteiger partial charge is 0.495 e. The summed E-state index contributed by atoms with van der Waals surface area (Å²) in [5, 5.41) is 0. The third kappa shape index (κ3) is 4.64. The molecule has 1 amide bonds. The quantitative estimate of drug-likeness (QED) is 0.793. The van der Waals surface area contributed by atoms with Crippen molar-refractivity contribution in [3.63, 3.8) is 0 Å². The second kappa shape index (κ2) is 8.96. The molecule has 1 aliphatic rings. The van der Waals surface area contributed by atoms with E-state index in [4.69, 9.17) is 4.74 Å². The molecule has 0 spiro atoms. The molecule has 2 aromatic rings. The number of aromatic nitrogens is 2. The van der Waals surface area contributed by atoms with Gasteiger partial charge in [0.15, 0.2) is 0 Å². The highest BCUT2D eigenvalue weighted by molar-refractivity contribution is 5.93. The summed E-state index contributed by atoms with van der Waals surface area (Å²) < 4.78 is 5.45. The van der Waals surface area contributed by atoms with Crippen LogP contribution in [-0.2, 0) is 6.54 Å². The van der Waals surface area contributed by atoms with Gasteiger partial charge in [0.05, 0.1) is 18.5 Å². The van der Waals surface area contributed by atoms with E-state index in [-0.39, 0.29) is 24.0 Å². The van der Waals surface area contributed by atoms with Gasteiger partial charge < -0.3 is 24.5 Å². The lowest BCUT2D eigenvalue weighted by Gasteiger charge is -2.36. The average molecular weight is 396 g/mol. The van der Waals surface area contributed by atoms with Crippen molar-refractivity contribution >= 4 is 24.0 Å². The number of amides is 1. The number of carbonyl (C=O) groups excluding carboxylic acids is 1. The zero-order chi connectivity index (χ0) is 18.7. The van der Waals surface area contributed by atoms with Gasteiger partial charge in [-0.15, -0.1) is 12.4 Å². The number of anilines is 1. The standard InChI is InChI=1S/C18H25N5O3.ClH/c1-21(2)17(24)16-13(19-18(25)20-16)12-22-8-10-23(11-9-22)14-6-4-5-7-15(14)26-3;/h4-7H,8-12H2,1-3H3,(H2,19,20,25);1H. The molecule has 1 saturated heterocycles. The number of hydrogen-bond donors (Lipinski definition) is 2. The van der Waals surface area contributed by atoms with Gasteiger partial charge in [-0.3, -0.25) is 9.69 Å². The lowest BCUT2D eigenvalue weighted by molar-refractivity contribution is 0.0819. The molecule has 0 atom stereocenters. The molecule has 0 radical (unpaired) electrons. The van der Waals surface area contributed by atoms with Crippen molar-refractivity contribution in [3.8, 4) is 5.75 Å². The molecular weight excluding hydrogens is 370 g/mol. The molecule has 27 heavy (non-hydrogen) atoms. The van der Waals surface area contributed by atoms with Gasteiger partial charge in [-0.2, -0.15) is 0 Å². The highest BCUT2D eigenvalue weighted by atomic mass is 35.5. The lowest BCUT2D eigenvalue weighted by atomic mass is 10.2. The van der Waals surface area contributed by atoms with E-state index in [1.165, 1.54) is 4.90 Å². The van der Waals surface area contributed by atoms with Crippen LogP contribution in [-0.4, -0.2) is 73.1 Å². The molecule has 1 aliphatic heterocycles. The second-order valence-electron chi connectivity index (χ2n) is 6.57. The Morgan fingerprint density at radius 3 is 2.44 bits per heavy atom. The maximum Gasteiger partial charge on any atom is 0.323 e. The van der Waals surface area contributed by atoms with E-state index in [0.717, 1.165) is 37.6 Å². The zero-order valence-corrected chi connectivity index (χ0v) is 16.6. The first-order valence-corrected chi connectivity index (χ1v) is 8.62. The predicted octanol–water partition coefficient (Wildman–Crippen LogP) is 1.16. The van der Waals surface area contributed by atoms with Crippen molar-refractivity contribution in [2.75, 3.05) is 52.3 Å². The minimum Gasteiger partial charge on any atom is -0.495 e. The van der Waals surface area contributed by atoms with Gasteiger partial charge in [0, 0.05) is 46.8 Å². The molecule has 148 valence electrons. The molecule has 1 aromatic heterocycles. The molecule has 8 nitrogen and oxygen atoms in total. The van der Waals surface area contributed by atoms with Gasteiger partial charge in [0.2, 0.25) is 0 Å². The van der Waals surface area contributed by atoms with Gasteiger partial charge >= 0.3 is 5.69 Å². The Balaban J connectivity index is 0.00000261. The number of carbonyl (C=O) groups is 1. The summed E-state index contributed by atoms with van der Waals surface area (Å²) in [7, 11) is 5.02. The number of halogens is 1. The van der Waals surface area contributed by atoms with Crippen molar-refractivity contribution in [2.45, 2.75) is 6.54 Å². The Bertz CT molecular complexity index is 824. The van der Waals surface area contributed by atoms with E-state index in [9.17, 15) is 9.59 Å². The van der Waals surface area contributed by atoms with Gasteiger partial charge in [-0.05, 0) is 12.1 Å². The van der Waals surface area contributed by atoms with Crippen LogP contribution in [0.25, 0.3) is 0 Å². The number of nitrogens with one attached hydrogen (secondary N) is 2. The smallest absolute Gasteiger partial charge is 0.323 e. The van der Waals surface area contributed by atoms with E-state index in [1.807, 2.05) is 18.2 Å². The van der Waals surface area contributed by atoms with Gasteiger partial charge in [0.25, 0.3) is 5.91 Å². The molecule has 2 N–H and O–H groups in total. The van der Waals surface area contributed by atoms with Crippen molar-refractivity contribution < 1.29 is 9.53 Å². The molecular formula is C18H26ClN5O3. The Hall–Kier alpha value is -2.45. The van der Waals surface area contributed by atoms with Crippen LogP contribution in [0.15, 0.2) is 29.1 Å². The number of aromatic amines is 2. The van der Waals surface area contributed by atoms with Crippen molar-refractivity contribution in [3.05, 3.63) is 46.1 Å². The maximum absolute atomic E-state index is 12.2. The highest BCUT2D eigenvalue weighted by Crippen LogP contribution is 2.28. The summed E-state index contributed by atoms with van der Waals surface area (Å²) in [5.41, 5.74) is 1.72. The number of hydrogen-bond acceptors (Lipinski definition) is 5. The van der Waals surface area contributed by atoms with E-state index < -0.39 is 0 Å². The Kier molecular flexibility index (Phi) is 6.92. The van der Waals surface area contributed by atoms with E-state index in [0.29, 0.717) is 17.9 Å². The molecule has 0 unspecified atom stereocenters. The van der Waals surface area contributed by atoms with Crippen LogP contribution < -0.4 is 15.3 Å². The minimum absolute atomic E-state index is 0. The molecule has 1 aromatic carbocycles. The first-order valence-electron chi connectivity index (χ1n) is 8.62. The monoisotopic (exact) mass is 395 g/mol. The topological polar surface area (TPSA) is 84.7 Å². The summed E-state index contributed by atoms with van der Waals surface area (Å²) in [4.78, 5) is 35.2. The number of nitrogens with zero attached hydrogens (tertiary/aromatic N) is 3. The summed E-state index contributed by atoms with van der Waals surface area (Å²) in [6.07, 6.45) is 0. The van der Waals surface area contributed by atoms with E-state index in [1.54, 1.807) is 21.2 Å². The molecule has 0 saturated carbocycles. The molecule has 2 heterocycles. The number of ether oxygens (including phenoxy) is 1. The number of H-pyrrole nitrogens is 2. The van der Waals surface area contributed by atoms with Crippen LogP contribution in [0.2, 0.25) is 0 Å². The van der Waals surface area contributed by atoms with Crippen LogP contribution in [0.4, 0.5) is 5.69 Å². The number of imidazole rings is 1. The molecule has 9 heteroatoms. The SMILES string of the molecule is COc1ccccc1N1CCN(Cc2[nH]c(=O)[nH]c2C(=O)N(C)C)CC1.Cl. The fourth-order valence-electron chi connectivity index (χ4n) is 3.21. The molecule has 0 bridgehead atoms. The van der Waals surface area contributed by atoms with Crippen LogP contribution in [0.3, 0.4) is 0 Å². The predicted molar refractivity (Wildman–Crippen MR) is 107 cm³/mol. The molecule has 0 aliphatic carbocycles. The Morgan fingerprint density at radius 2 is 1.81 bits per heavy atom. The van der Waals surface area contributed by atoms with Crippen molar-refractivity contribution in [1.29, 1.82) is 0 Å². The van der Waals surface area contributed by atoms with E-state index >= 15 is 0 Å². The fraction of sp³-hybridized carbons (Fsp3) is 0.444. The summed E-state index contributed by atoms with van der Waals surface area (Å²) in [6, 6.07) is 8.00. The fourth-order valence-corrected chi connectivity index (χ4v) is 3.21.